The van der Waals surface area contributed by atoms with Crippen LogP contribution in [-0.4, -0.2) is 62.4 Å². The fraction of sp³-hybridized carbons (Fsp3) is 1.00. The third kappa shape index (κ3) is 5.01. The molecule has 1 aliphatic carbocycles. The number of aliphatic hydroxyl groups is 1. The van der Waals surface area contributed by atoms with Gasteiger partial charge in [-0.2, -0.15) is 26.0 Å². The van der Waals surface area contributed by atoms with Gasteiger partial charge in [0.25, 0.3) is 10.0 Å². The number of halogens is 4. The van der Waals surface area contributed by atoms with Crippen LogP contribution in [0, 0.1) is 0 Å². The van der Waals surface area contributed by atoms with Crippen molar-refractivity contribution in [3.63, 3.8) is 0 Å². The Morgan fingerprint density at radius 3 is 1.96 bits per heavy atom. The van der Waals surface area contributed by atoms with Crippen molar-refractivity contribution in [3.05, 3.63) is 0 Å². The molecule has 0 heterocycles. The fourth-order valence-electron chi connectivity index (χ4n) is 2.26. The van der Waals surface area contributed by atoms with Crippen molar-refractivity contribution in [2.45, 2.75) is 54.8 Å². The Hall–Kier alpha value is -0.540. The summed E-state index contributed by atoms with van der Waals surface area (Å²) in [5.41, 5.74) is 0. The lowest BCUT2D eigenvalue weighted by atomic mass is 9.94. The molecule has 0 unspecified atom stereocenters. The Morgan fingerprint density at radius 2 is 1.52 bits per heavy atom. The number of hydrogen-bond acceptors (Lipinski definition) is 6. The Bertz CT molecular complexity index is 645. The summed E-state index contributed by atoms with van der Waals surface area (Å²) < 4.78 is 112. The van der Waals surface area contributed by atoms with E-state index < -0.39 is 36.7 Å². The number of hydrogen-bond donors (Lipinski definition) is 3. The van der Waals surface area contributed by atoms with Crippen molar-refractivity contribution in [1.29, 1.82) is 0 Å². The molecule has 8 nitrogen and oxygen atoms in total. The van der Waals surface area contributed by atoms with Gasteiger partial charge >= 0.3 is 20.6 Å². The maximum Gasteiger partial charge on any atom is 0.448 e. The highest BCUT2D eigenvalue weighted by atomic mass is 32.2. The molecule has 0 amide bonds. The van der Waals surface area contributed by atoms with E-state index >= 15 is 0 Å². The lowest BCUT2D eigenvalue weighted by Crippen LogP contribution is -2.57. The molecule has 0 bridgehead atoms. The minimum absolute atomic E-state index is 0.0105. The highest BCUT2D eigenvalue weighted by Gasteiger charge is 2.73. The minimum atomic E-state index is -6.65. The zero-order chi connectivity index (χ0) is 19.5. The van der Waals surface area contributed by atoms with Gasteiger partial charge in [0, 0.05) is 19.3 Å². The zero-order valence-corrected chi connectivity index (χ0v) is 14.5. The van der Waals surface area contributed by atoms with E-state index in [0.29, 0.717) is 6.42 Å². The second-order valence-electron chi connectivity index (χ2n) is 5.55. The van der Waals surface area contributed by atoms with Crippen molar-refractivity contribution >= 4 is 20.1 Å². The number of ether oxygens (including phenoxy) is 1. The van der Waals surface area contributed by atoms with Crippen LogP contribution < -0.4 is 4.72 Å². The van der Waals surface area contributed by atoms with Gasteiger partial charge in [0.1, 0.15) is 0 Å². The first kappa shape index (κ1) is 22.5. The smallest absolute Gasteiger partial charge is 0.396 e. The molecular weight excluding hydrogens is 398 g/mol. The summed E-state index contributed by atoms with van der Waals surface area (Å²) in [6.07, 6.45) is 0.654. The molecule has 1 aliphatic rings. The molecule has 0 radical (unpaired) electrons. The van der Waals surface area contributed by atoms with Crippen LogP contribution in [0.3, 0.4) is 0 Å². The minimum Gasteiger partial charge on any atom is -0.396 e. The second-order valence-corrected chi connectivity index (χ2v) is 8.77. The molecule has 150 valence electrons. The van der Waals surface area contributed by atoms with Crippen molar-refractivity contribution in [2.75, 3.05) is 13.2 Å². The van der Waals surface area contributed by atoms with Crippen LogP contribution in [0.5, 0.6) is 0 Å². The van der Waals surface area contributed by atoms with E-state index in [1.165, 1.54) is 4.72 Å². The van der Waals surface area contributed by atoms with Crippen molar-refractivity contribution in [3.8, 4) is 0 Å². The van der Waals surface area contributed by atoms with E-state index in [-0.39, 0.29) is 45.0 Å². The summed E-state index contributed by atoms with van der Waals surface area (Å²) in [5, 5.41) is -3.64. The number of sulfonamides is 1. The summed E-state index contributed by atoms with van der Waals surface area (Å²) >= 11 is 0. The highest BCUT2D eigenvalue weighted by molar-refractivity contribution is 7.93. The molecule has 0 aromatic heterocycles. The van der Waals surface area contributed by atoms with Gasteiger partial charge in [0.2, 0.25) is 0 Å². The lowest BCUT2D eigenvalue weighted by Gasteiger charge is -2.31. The number of rotatable bonds is 9. The average molecular weight is 417 g/mol. The lowest BCUT2D eigenvalue weighted by molar-refractivity contribution is -0.102. The molecule has 3 N–H and O–H groups in total. The first-order chi connectivity index (χ1) is 11.3. The summed E-state index contributed by atoms with van der Waals surface area (Å²) in [7, 11) is -12.7. The van der Waals surface area contributed by atoms with Crippen LogP contribution in [0.4, 0.5) is 17.6 Å². The molecule has 1 saturated carbocycles. The van der Waals surface area contributed by atoms with Crippen LogP contribution >= 0.6 is 0 Å². The van der Waals surface area contributed by atoms with Crippen LogP contribution in [0.1, 0.15) is 32.1 Å². The van der Waals surface area contributed by atoms with Crippen LogP contribution in [0.2, 0.25) is 0 Å². The maximum atomic E-state index is 13.5. The first-order valence-electron chi connectivity index (χ1n) is 7.23. The average Bonchev–Trinajstić information content (AvgIpc) is 2.47. The normalized spacial score (nSPS) is 23.6. The molecule has 1 rings (SSSR count). The molecule has 14 heteroatoms. The predicted molar refractivity (Wildman–Crippen MR) is 77.2 cm³/mol. The third-order valence-corrected chi connectivity index (χ3v) is 6.26. The van der Waals surface area contributed by atoms with Gasteiger partial charge < -0.3 is 9.84 Å². The predicted octanol–water partition coefficient (Wildman–Crippen LogP) is 0.689. The molecule has 25 heavy (non-hydrogen) atoms. The second kappa shape index (κ2) is 8.00. The van der Waals surface area contributed by atoms with Gasteiger partial charge in [-0.15, -0.1) is 0 Å². The topological polar surface area (TPSA) is 130 Å². The molecule has 1 fully saturated rings. The third-order valence-electron chi connectivity index (χ3n) is 3.65. The van der Waals surface area contributed by atoms with Gasteiger partial charge in [0.15, 0.2) is 0 Å². The molecule has 0 aromatic rings. The van der Waals surface area contributed by atoms with Crippen LogP contribution in [0.25, 0.3) is 0 Å². The van der Waals surface area contributed by atoms with Gasteiger partial charge in [0.05, 0.1) is 6.10 Å². The van der Waals surface area contributed by atoms with E-state index in [9.17, 15) is 34.4 Å². The number of alkyl halides is 4. The maximum absolute atomic E-state index is 13.5. The van der Waals surface area contributed by atoms with Gasteiger partial charge in [-0.3, -0.25) is 4.55 Å². The Balaban J connectivity index is 2.73. The van der Waals surface area contributed by atoms with Crippen LogP contribution in [0.15, 0.2) is 0 Å². The Morgan fingerprint density at radius 1 is 1.00 bits per heavy atom. The van der Waals surface area contributed by atoms with Crippen molar-refractivity contribution < 1.29 is 48.8 Å². The Labute approximate surface area is 142 Å². The summed E-state index contributed by atoms with van der Waals surface area (Å²) in [6, 6.07) is -1.11. The van der Waals surface area contributed by atoms with E-state index in [4.69, 9.17) is 14.4 Å². The molecular formula is C11H19F4NO7S2. The number of aliphatic hydroxyl groups excluding tert-OH is 1. The number of nitrogens with one attached hydrogen (secondary N) is 1. The van der Waals surface area contributed by atoms with Crippen LogP contribution in [-0.2, 0) is 24.9 Å². The monoisotopic (exact) mass is 417 g/mol. The van der Waals surface area contributed by atoms with E-state index in [1.54, 1.807) is 0 Å². The van der Waals surface area contributed by atoms with Gasteiger partial charge in [-0.1, -0.05) is 0 Å². The van der Waals surface area contributed by atoms with E-state index in [0.717, 1.165) is 0 Å². The fourth-order valence-corrected chi connectivity index (χ4v) is 4.34. The first-order valence-corrected chi connectivity index (χ1v) is 10.2. The van der Waals surface area contributed by atoms with Crippen molar-refractivity contribution in [1.82, 2.24) is 4.72 Å². The standard InChI is InChI=1S/C11H19F4NO7S2/c12-10(13,11(14,15)25(20,21)22)24(18,19)16-8-2-4-9(5-3-8)23-7-1-6-17/h8-9,16-17H,1-7H2,(H,20,21,22). The molecule has 0 spiro atoms. The molecule has 0 aliphatic heterocycles. The van der Waals surface area contributed by atoms with Crippen molar-refractivity contribution in [2.24, 2.45) is 0 Å². The molecule has 0 aromatic carbocycles. The van der Waals surface area contributed by atoms with Gasteiger partial charge in [-0.25, -0.2) is 13.1 Å². The molecule has 0 saturated heterocycles. The summed E-state index contributed by atoms with van der Waals surface area (Å²) in [4.78, 5) is 0. The van der Waals surface area contributed by atoms with E-state index in [2.05, 4.69) is 0 Å². The largest absolute Gasteiger partial charge is 0.448 e. The Kier molecular flexibility index (Phi) is 7.20. The quantitative estimate of drug-likeness (QED) is 0.286. The van der Waals surface area contributed by atoms with E-state index in [1.807, 2.05) is 0 Å². The molecule has 0 atom stereocenters. The van der Waals surface area contributed by atoms with Gasteiger partial charge in [-0.05, 0) is 32.1 Å². The summed E-state index contributed by atoms with van der Waals surface area (Å²) in [6.45, 7) is 0.183. The highest BCUT2D eigenvalue weighted by Crippen LogP contribution is 2.42. The SMILES string of the molecule is O=S(=O)(O)C(F)(F)C(F)(F)S(=O)(=O)NC1CCC(OCCCO)CC1. The summed E-state index contributed by atoms with van der Waals surface area (Å²) in [5.74, 6) is 0. The zero-order valence-electron chi connectivity index (χ0n) is 12.9.